The van der Waals surface area contributed by atoms with Crippen molar-refractivity contribution < 1.29 is 9.53 Å². The second-order valence-electron chi connectivity index (χ2n) is 7.03. The van der Waals surface area contributed by atoms with Crippen molar-refractivity contribution in [2.45, 2.75) is 13.0 Å². The van der Waals surface area contributed by atoms with Gasteiger partial charge in [-0.2, -0.15) is 0 Å². The molecule has 0 aliphatic carbocycles. The Labute approximate surface area is 195 Å². The Morgan fingerprint density at radius 2 is 1.97 bits per heavy atom. The molecule has 2 heterocycles. The van der Waals surface area contributed by atoms with Crippen LogP contribution in [0.2, 0.25) is 5.02 Å². The number of nitrogens with one attached hydrogen (secondary N) is 2. The molecule has 1 amide bonds. The van der Waals surface area contributed by atoms with E-state index >= 15 is 0 Å². The highest BCUT2D eigenvalue weighted by Crippen LogP contribution is 2.25. The maximum absolute atomic E-state index is 12.2. The van der Waals surface area contributed by atoms with Gasteiger partial charge in [-0.25, -0.2) is 4.98 Å². The summed E-state index contributed by atoms with van der Waals surface area (Å²) < 4.78 is 5.78. The standard InChI is InChI=1S/C25H22ClN3O2S/c26-21-5-2-1-4-19(21)16-31-20-10-7-18(8-11-20)9-12-24(30)27-14-13-22-25(29-17-28-22)23-6-3-15-32-23/h1-12,15,17H,13-14,16H2,(H,27,30)(H,28,29)/b12-9+. The first-order valence-electron chi connectivity index (χ1n) is 10.2. The lowest BCUT2D eigenvalue weighted by molar-refractivity contribution is -0.116. The van der Waals surface area contributed by atoms with Crippen LogP contribution in [0.4, 0.5) is 0 Å². The molecule has 5 nitrogen and oxygen atoms in total. The van der Waals surface area contributed by atoms with E-state index in [9.17, 15) is 4.79 Å². The van der Waals surface area contributed by atoms with E-state index in [1.165, 1.54) is 6.08 Å². The summed E-state index contributed by atoms with van der Waals surface area (Å²) >= 11 is 7.80. The van der Waals surface area contributed by atoms with E-state index in [1.807, 2.05) is 66.0 Å². The lowest BCUT2D eigenvalue weighted by atomic mass is 10.2. The molecule has 2 aromatic carbocycles. The van der Waals surface area contributed by atoms with Crippen molar-refractivity contribution in [1.29, 1.82) is 0 Å². The van der Waals surface area contributed by atoms with Gasteiger partial charge in [0.15, 0.2) is 0 Å². The second-order valence-corrected chi connectivity index (χ2v) is 8.39. The van der Waals surface area contributed by atoms with Crippen LogP contribution in [0.5, 0.6) is 5.75 Å². The Morgan fingerprint density at radius 3 is 2.75 bits per heavy atom. The largest absolute Gasteiger partial charge is 0.489 e. The van der Waals surface area contributed by atoms with Crippen LogP contribution in [-0.2, 0) is 17.8 Å². The number of rotatable bonds is 9. The number of benzene rings is 2. The first-order chi connectivity index (χ1) is 15.7. The van der Waals surface area contributed by atoms with Gasteiger partial charge in [0, 0.05) is 35.3 Å². The van der Waals surface area contributed by atoms with Crippen LogP contribution < -0.4 is 10.1 Å². The Hall–Kier alpha value is -3.35. The van der Waals surface area contributed by atoms with Crippen molar-refractivity contribution >= 4 is 34.9 Å². The van der Waals surface area contributed by atoms with Crippen LogP contribution in [0.25, 0.3) is 16.6 Å². The fourth-order valence-corrected chi connectivity index (χ4v) is 4.07. The van der Waals surface area contributed by atoms with Crippen molar-refractivity contribution in [2.24, 2.45) is 0 Å². The number of nitrogens with zero attached hydrogens (tertiary/aromatic N) is 1. The van der Waals surface area contributed by atoms with E-state index in [-0.39, 0.29) is 5.91 Å². The smallest absolute Gasteiger partial charge is 0.244 e. The zero-order valence-corrected chi connectivity index (χ0v) is 18.8. The molecule has 0 bridgehead atoms. The number of ether oxygens (including phenoxy) is 1. The van der Waals surface area contributed by atoms with Gasteiger partial charge in [0.05, 0.1) is 11.2 Å². The van der Waals surface area contributed by atoms with E-state index in [1.54, 1.807) is 23.7 Å². The van der Waals surface area contributed by atoms with Gasteiger partial charge in [-0.05, 0) is 41.3 Å². The molecule has 4 aromatic rings. The molecule has 0 atom stereocenters. The number of carbonyl (C=O) groups excluding carboxylic acids is 1. The summed E-state index contributed by atoms with van der Waals surface area (Å²) in [5.41, 5.74) is 3.82. The molecule has 0 saturated heterocycles. The van der Waals surface area contributed by atoms with E-state index in [2.05, 4.69) is 15.3 Å². The molecule has 0 aliphatic heterocycles. The van der Waals surface area contributed by atoms with Gasteiger partial charge >= 0.3 is 0 Å². The van der Waals surface area contributed by atoms with Gasteiger partial charge in [-0.1, -0.05) is 48.0 Å². The Kier molecular flexibility index (Phi) is 7.38. The third kappa shape index (κ3) is 5.87. The number of aromatic amines is 1. The molecule has 7 heteroatoms. The Balaban J connectivity index is 1.23. The number of halogens is 1. The van der Waals surface area contributed by atoms with E-state index in [0.717, 1.165) is 33.1 Å². The van der Waals surface area contributed by atoms with Crippen molar-refractivity contribution in [3.63, 3.8) is 0 Å². The highest BCUT2D eigenvalue weighted by molar-refractivity contribution is 7.13. The van der Waals surface area contributed by atoms with Gasteiger partial charge in [0.1, 0.15) is 18.1 Å². The predicted molar refractivity (Wildman–Crippen MR) is 130 cm³/mol. The van der Waals surface area contributed by atoms with Crippen LogP contribution in [0.1, 0.15) is 16.8 Å². The van der Waals surface area contributed by atoms with Gasteiger partial charge in [-0.3, -0.25) is 4.79 Å². The summed E-state index contributed by atoms with van der Waals surface area (Å²) in [5.74, 6) is 0.605. The fraction of sp³-hybridized carbons (Fsp3) is 0.120. The summed E-state index contributed by atoms with van der Waals surface area (Å²) in [7, 11) is 0. The zero-order valence-electron chi connectivity index (χ0n) is 17.3. The average molecular weight is 464 g/mol. The molecule has 0 radical (unpaired) electrons. The van der Waals surface area contributed by atoms with Crippen molar-refractivity contribution in [3.8, 4) is 16.3 Å². The summed E-state index contributed by atoms with van der Waals surface area (Å²) in [6.07, 6.45) is 5.69. The van der Waals surface area contributed by atoms with E-state index in [4.69, 9.17) is 16.3 Å². The molecular formula is C25H22ClN3O2S. The minimum atomic E-state index is -0.138. The summed E-state index contributed by atoms with van der Waals surface area (Å²) in [6, 6.07) is 19.2. The van der Waals surface area contributed by atoms with Crippen LogP contribution in [-0.4, -0.2) is 22.4 Å². The molecule has 162 valence electrons. The van der Waals surface area contributed by atoms with Crippen LogP contribution >= 0.6 is 22.9 Å². The molecule has 0 aliphatic rings. The highest BCUT2D eigenvalue weighted by Gasteiger charge is 2.09. The van der Waals surface area contributed by atoms with Gasteiger partial charge in [0.25, 0.3) is 0 Å². The van der Waals surface area contributed by atoms with Crippen LogP contribution in [0.3, 0.4) is 0 Å². The average Bonchev–Trinajstić information content (AvgIpc) is 3.50. The second kappa shape index (κ2) is 10.8. The molecule has 2 aromatic heterocycles. The Morgan fingerprint density at radius 1 is 1.12 bits per heavy atom. The topological polar surface area (TPSA) is 67.0 Å². The van der Waals surface area contributed by atoms with Gasteiger partial charge < -0.3 is 15.0 Å². The maximum atomic E-state index is 12.2. The van der Waals surface area contributed by atoms with Crippen molar-refractivity contribution in [2.75, 3.05) is 6.54 Å². The molecular weight excluding hydrogens is 442 g/mol. The summed E-state index contributed by atoms with van der Waals surface area (Å²) in [4.78, 5) is 20.8. The first-order valence-corrected chi connectivity index (χ1v) is 11.4. The van der Waals surface area contributed by atoms with E-state index < -0.39 is 0 Å². The molecule has 32 heavy (non-hydrogen) atoms. The number of aromatic nitrogens is 2. The third-order valence-corrected chi connectivity index (χ3v) is 6.05. The van der Waals surface area contributed by atoms with Crippen LogP contribution in [0.15, 0.2) is 78.4 Å². The molecule has 2 N–H and O–H groups in total. The molecule has 0 saturated carbocycles. The van der Waals surface area contributed by atoms with Crippen molar-refractivity contribution in [1.82, 2.24) is 15.3 Å². The molecule has 4 rings (SSSR count). The van der Waals surface area contributed by atoms with Gasteiger partial charge in [-0.15, -0.1) is 11.3 Å². The summed E-state index contributed by atoms with van der Waals surface area (Å²) in [6.45, 7) is 0.931. The zero-order chi connectivity index (χ0) is 22.2. The summed E-state index contributed by atoms with van der Waals surface area (Å²) in [5, 5.41) is 5.63. The lowest BCUT2D eigenvalue weighted by Crippen LogP contribution is -2.23. The number of H-pyrrole nitrogens is 1. The highest BCUT2D eigenvalue weighted by atomic mass is 35.5. The quantitative estimate of drug-likeness (QED) is 0.311. The SMILES string of the molecule is O=C(/C=C/c1ccc(OCc2ccccc2Cl)cc1)NCCc1[nH]cnc1-c1cccs1. The van der Waals surface area contributed by atoms with Crippen LogP contribution in [0, 0.1) is 0 Å². The van der Waals surface area contributed by atoms with Crippen molar-refractivity contribution in [3.05, 3.63) is 100 Å². The van der Waals surface area contributed by atoms with Gasteiger partial charge in [0.2, 0.25) is 5.91 Å². The Bertz CT molecular complexity index is 1180. The number of amides is 1. The predicted octanol–water partition coefficient (Wildman–Crippen LogP) is 5.74. The number of hydrogen-bond acceptors (Lipinski definition) is 4. The van der Waals surface area contributed by atoms with E-state index in [0.29, 0.717) is 24.6 Å². The minimum absolute atomic E-state index is 0.138. The minimum Gasteiger partial charge on any atom is -0.489 e. The number of carbonyl (C=O) groups is 1. The normalized spacial score (nSPS) is 11.0. The monoisotopic (exact) mass is 463 g/mol. The lowest BCUT2D eigenvalue weighted by Gasteiger charge is -2.08. The number of imidazole rings is 1. The molecule has 0 unspecified atom stereocenters. The third-order valence-electron chi connectivity index (χ3n) is 4.81. The number of hydrogen-bond donors (Lipinski definition) is 2. The number of thiophene rings is 1. The maximum Gasteiger partial charge on any atom is 0.244 e. The fourth-order valence-electron chi connectivity index (χ4n) is 3.13. The first kappa shape index (κ1) is 21.9. The molecule has 0 spiro atoms. The molecule has 0 fully saturated rings.